The summed E-state index contributed by atoms with van der Waals surface area (Å²) in [4.78, 5) is 26.6. The first-order valence-corrected chi connectivity index (χ1v) is 11.6. The van der Waals surface area contributed by atoms with Crippen molar-refractivity contribution >= 4 is 11.6 Å². The molecule has 0 radical (unpaired) electrons. The average molecular weight is 452 g/mol. The summed E-state index contributed by atoms with van der Waals surface area (Å²) in [5.41, 5.74) is 3.02. The summed E-state index contributed by atoms with van der Waals surface area (Å²) in [5.74, 6) is -1.88. The van der Waals surface area contributed by atoms with Crippen molar-refractivity contribution in [1.82, 2.24) is 0 Å². The van der Waals surface area contributed by atoms with E-state index in [9.17, 15) is 9.59 Å². The van der Waals surface area contributed by atoms with Crippen molar-refractivity contribution in [2.45, 2.75) is 86.4 Å². The zero-order valence-corrected chi connectivity index (χ0v) is 20.6. The zero-order valence-electron chi connectivity index (χ0n) is 27.6. The van der Waals surface area contributed by atoms with Crippen LogP contribution in [0.25, 0.3) is 0 Å². The van der Waals surface area contributed by atoms with Gasteiger partial charge in [0.2, 0.25) is 0 Å². The van der Waals surface area contributed by atoms with Gasteiger partial charge in [0.15, 0.2) is 11.6 Å². The summed E-state index contributed by atoms with van der Waals surface area (Å²) in [6.45, 7) is 7.46. The third kappa shape index (κ3) is 8.28. The molecule has 0 spiro atoms. The number of fused-ring (bicyclic) bond motifs is 1. The van der Waals surface area contributed by atoms with Gasteiger partial charge in [-0.15, -0.1) is 0 Å². The number of carbonyl (C=O) groups excluding carboxylic acids is 2. The molecule has 0 N–H and O–H groups in total. The van der Waals surface area contributed by atoms with Crippen molar-refractivity contribution in [3.63, 3.8) is 0 Å². The fourth-order valence-corrected chi connectivity index (χ4v) is 3.64. The normalized spacial score (nSPS) is 18.6. The smallest absolute Gasteiger partial charge is 0.190 e. The number of hydrogen-bond donors (Lipinski definition) is 0. The third-order valence-corrected chi connectivity index (χ3v) is 5.75. The van der Waals surface area contributed by atoms with Crippen LogP contribution in [0.2, 0.25) is 0 Å². The molecule has 0 amide bonds. The first kappa shape index (κ1) is 17.7. The minimum absolute atomic E-state index is 0.105. The van der Waals surface area contributed by atoms with E-state index in [0.717, 1.165) is 37.7 Å². The molecule has 0 atom stereocenters. The molecule has 1 aliphatic rings. The van der Waals surface area contributed by atoms with Crippen LogP contribution in [0.5, 0.6) is 0 Å². The maximum atomic E-state index is 13.4. The molecule has 1 aromatic rings. The lowest BCUT2D eigenvalue weighted by atomic mass is 9.83. The van der Waals surface area contributed by atoms with E-state index in [1.165, 1.54) is 16.7 Å². The lowest BCUT2D eigenvalue weighted by molar-refractivity contribution is 0.0973. The van der Waals surface area contributed by atoms with Crippen LogP contribution in [-0.4, -0.2) is 11.6 Å². The van der Waals surface area contributed by atoms with Gasteiger partial charge in [-0.05, 0) is 86.4 Å². The molecule has 0 fully saturated rings. The molecule has 0 heterocycles. The van der Waals surface area contributed by atoms with Gasteiger partial charge in [0.25, 0.3) is 0 Å². The minimum atomic E-state index is -2.91. The SMILES string of the molecule is [2H]c1c([2H])c([2H])c2c(c1[2H])C(=O)C(C/C=C(\C)CC/C=C(\C)CC/C=C(\C)CCC=C(C)C)=C(C([2H])([2H])[2H])C2=O. The number of Topliss-reactive ketones (excluding diaryl/α,β-unsaturated/α-hetero) is 2. The second-order valence-corrected chi connectivity index (χ2v) is 9.01. The molecule has 0 saturated carbocycles. The second-order valence-electron chi connectivity index (χ2n) is 9.01. The van der Waals surface area contributed by atoms with Crippen LogP contribution in [-0.2, 0) is 0 Å². The van der Waals surface area contributed by atoms with Gasteiger partial charge in [-0.1, -0.05) is 70.8 Å². The highest BCUT2D eigenvalue weighted by molar-refractivity contribution is 6.26. The van der Waals surface area contributed by atoms with Crippen LogP contribution in [0, 0.1) is 0 Å². The van der Waals surface area contributed by atoms with Crippen molar-refractivity contribution < 1.29 is 19.2 Å². The Bertz CT molecular complexity index is 1320. The standard InChI is InChI=1S/C31H40O2/c1-22(2)12-9-13-23(3)14-10-15-24(4)16-11-17-25(5)20-21-27-26(6)30(32)28-18-7-8-19-29(28)31(27)33/h7-8,12,14,16,18-20H,9-11,13,15,17,21H2,1-6H3/b23-14+,24-16+,25-20+/i6D3,7D,8D,18D,19D. The van der Waals surface area contributed by atoms with E-state index in [4.69, 9.17) is 9.60 Å². The molecule has 1 aliphatic carbocycles. The summed E-state index contributed by atoms with van der Waals surface area (Å²) < 4.78 is 55.6. The molecule has 0 aromatic heterocycles. The second kappa shape index (κ2) is 13.1. The molecule has 0 bridgehead atoms. The van der Waals surface area contributed by atoms with Gasteiger partial charge >= 0.3 is 0 Å². The first-order valence-electron chi connectivity index (χ1n) is 15.1. The Morgan fingerprint density at radius 1 is 0.758 bits per heavy atom. The van der Waals surface area contributed by atoms with Crippen LogP contribution in [0.1, 0.15) is 117 Å². The molecule has 2 heteroatoms. The van der Waals surface area contributed by atoms with E-state index < -0.39 is 59.3 Å². The molecule has 0 unspecified atom stereocenters. The third-order valence-electron chi connectivity index (χ3n) is 5.75. The van der Waals surface area contributed by atoms with Gasteiger partial charge in [0.05, 0.1) is 5.48 Å². The number of ketones is 2. The van der Waals surface area contributed by atoms with Crippen molar-refractivity contribution in [3.05, 3.63) is 93.0 Å². The van der Waals surface area contributed by atoms with E-state index in [1.54, 1.807) is 6.08 Å². The zero-order chi connectivity index (χ0) is 30.4. The monoisotopic (exact) mass is 451 g/mol. The molecule has 33 heavy (non-hydrogen) atoms. The summed E-state index contributed by atoms with van der Waals surface area (Å²) in [7, 11) is 0. The summed E-state index contributed by atoms with van der Waals surface area (Å²) >= 11 is 0. The highest BCUT2D eigenvalue weighted by atomic mass is 16.1. The Morgan fingerprint density at radius 2 is 1.24 bits per heavy atom. The Kier molecular flexibility index (Phi) is 7.02. The van der Waals surface area contributed by atoms with Crippen LogP contribution in [0.3, 0.4) is 0 Å². The maximum Gasteiger partial charge on any atom is 0.190 e. The van der Waals surface area contributed by atoms with Crippen molar-refractivity contribution in [3.8, 4) is 0 Å². The lowest BCUT2D eigenvalue weighted by Crippen LogP contribution is -2.20. The molecule has 176 valence electrons. The quantitative estimate of drug-likeness (QED) is 0.315. The highest BCUT2D eigenvalue weighted by Gasteiger charge is 2.28. The van der Waals surface area contributed by atoms with E-state index in [2.05, 4.69) is 45.9 Å². The lowest BCUT2D eigenvalue weighted by Gasteiger charge is -2.18. The predicted octanol–water partition coefficient (Wildman–Crippen LogP) is 8.92. The highest BCUT2D eigenvalue weighted by Crippen LogP contribution is 2.28. The predicted molar refractivity (Wildman–Crippen MR) is 141 cm³/mol. The van der Waals surface area contributed by atoms with Gasteiger partial charge in [0, 0.05) is 26.4 Å². The molecule has 2 nitrogen and oxygen atoms in total. The van der Waals surface area contributed by atoms with E-state index in [0.29, 0.717) is 6.42 Å². The molecule has 0 aliphatic heterocycles. The Labute approximate surface area is 210 Å². The van der Waals surface area contributed by atoms with Gasteiger partial charge < -0.3 is 0 Å². The molecule has 2 rings (SSSR count). The van der Waals surface area contributed by atoms with Crippen LogP contribution < -0.4 is 0 Å². The van der Waals surface area contributed by atoms with Crippen LogP contribution >= 0.6 is 0 Å². The van der Waals surface area contributed by atoms with Gasteiger partial charge in [-0.3, -0.25) is 9.59 Å². The van der Waals surface area contributed by atoms with Crippen LogP contribution in [0.4, 0.5) is 0 Å². The Morgan fingerprint density at radius 3 is 1.76 bits per heavy atom. The fraction of sp³-hybridized carbons (Fsp3) is 0.419. The number of allylic oxidation sites excluding steroid dienone is 10. The Balaban J connectivity index is 2.14. The van der Waals surface area contributed by atoms with Crippen LogP contribution in [0.15, 0.2) is 81.9 Å². The number of benzene rings is 1. The average Bonchev–Trinajstić information content (AvgIpc) is 2.85. The Hall–Kier alpha value is -2.74. The van der Waals surface area contributed by atoms with E-state index in [1.807, 2.05) is 6.92 Å². The maximum absolute atomic E-state index is 13.4. The number of rotatable bonds is 11. The van der Waals surface area contributed by atoms with Gasteiger partial charge in [0.1, 0.15) is 0 Å². The van der Waals surface area contributed by atoms with Gasteiger partial charge in [-0.25, -0.2) is 0 Å². The number of carbonyl (C=O) groups is 2. The number of hydrogen-bond acceptors (Lipinski definition) is 2. The molecule has 1 aromatic carbocycles. The topological polar surface area (TPSA) is 34.1 Å². The van der Waals surface area contributed by atoms with Crippen molar-refractivity contribution in [2.24, 2.45) is 0 Å². The summed E-state index contributed by atoms with van der Waals surface area (Å²) in [5, 5.41) is 0. The first-order chi connectivity index (χ1) is 18.6. The molecular formula is C31H40O2. The molecule has 0 saturated heterocycles. The summed E-state index contributed by atoms with van der Waals surface area (Å²) in [6, 6.07) is -2.64. The van der Waals surface area contributed by atoms with Gasteiger partial charge in [-0.2, -0.15) is 0 Å². The van der Waals surface area contributed by atoms with Crippen molar-refractivity contribution in [2.75, 3.05) is 0 Å². The largest absolute Gasteiger partial charge is 0.289 e. The minimum Gasteiger partial charge on any atom is -0.289 e. The summed E-state index contributed by atoms with van der Waals surface area (Å²) in [6.07, 6.45) is 13.9. The fourth-order valence-electron chi connectivity index (χ4n) is 3.64. The van der Waals surface area contributed by atoms with E-state index in [-0.39, 0.29) is 12.0 Å². The van der Waals surface area contributed by atoms with Crippen molar-refractivity contribution in [1.29, 1.82) is 0 Å². The van der Waals surface area contributed by atoms with E-state index >= 15 is 0 Å². The molecular weight excluding hydrogens is 404 g/mol.